The number of piperidine rings is 1. The molecular formula is C23H26ClFI2N4O2. The summed E-state index contributed by atoms with van der Waals surface area (Å²) < 4.78 is 12.7. The quantitative estimate of drug-likeness (QED) is 0.296. The van der Waals surface area contributed by atoms with Crippen LogP contribution < -0.4 is 5.73 Å². The number of primary amides is 1. The van der Waals surface area contributed by atoms with Crippen molar-refractivity contribution in [1.29, 1.82) is 0 Å². The second kappa shape index (κ2) is 11.5. The molecule has 1 aromatic carbocycles. The highest BCUT2D eigenvalue weighted by molar-refractivity contribution is 14.2. The fraction of sp³-hybridized carbons (Fsp3) is 0.435. The number of benzene rings is 1. The minimum atomic E-state index is -1.33. The number of allylic oxidation sites excluding steroid dienone is 1. The molecule has 0 saturated carbocycles. The Morgan fingerprint density at radius 3 is 2.45 bits per heavy atom. The van der Waals surface area contributed by atoms with Gasteiger partial charge in [-0.15, -0.1) is 0 Å². The van der Waals surface area contributed by atoms with Crippen molar-refractivity contribution >= 4 is 80.1 Å². The van der Waals surface area contributed by atoms with E-state index in [1.165, 1.54) is 0 Å². The van der Waals surface area contributed by atoms with Crippen molar-refractivity contribution in [3.8, 4) is 0 Å². The number of alkyl halides is 3. The fourth-order valence-corrected chi connectivity index (χ4v) is 4.77. The van der Waals surface area contributed by atoms with E-state index in [4.69, 9.17) is 22.3 Å². The smallest absolute Gasteiger partial charge is 0.242 e. The molecule has 0 spiro atoms. The van der Waals surface area contributed by atoms with Gasteiger partial charge >= 0.3 is 0 Å². The Balaban J connectivity index is 1.75. The van der Waals surface area contributed by atoms with E-state index in [1.807, 2.05) is 23.1 Å². The lowest BCUT2D eigenvalue weighted by Gasteiger charge is -2.35. The number of nitrogens with two attached hydrogens (primary N) is 1. The monoisotopic (exact) mass is 698 g/mol. The topological polar surface area (TPSA) is 79.0 Å². The van der Waals surface area contributed by atoms with E-state index >= 15 is 0 Å². The second-order valence-corrected chi connectivity index (χ2v) is 14.1. The second-order valence-electron chi connectivity index (χ2n) is 8.17. The third-order valence-electron chi connectivity index (χ3n) is 5.76. The van der Waals surface area contributed by atoms with Crippen LogP contribution in [0.5, 0.6) is 0 Å². The number of amides is 2. The number of nitrogens with zero attached hydrogens (tertiary/aromatic N) is 3. The van der Waals surface area contributed by atoms with E-state index in [0.29, 0.717) is 61.7 Å². The number of rotatable bonds is 8. The molecule has 2 aliphatic heterocycles. The van der Waals surface area contributed by atoms with Gasteiger partial charge in [0.15, 0.2) is 0 Å². The summed E-state index contributed by atoms with van der Waals surface area (Å²) in [5.74, 6) is 0.140. The van der Waals surface area contributed by atoms with Crippen LogP contribution in [-0.2, 0) is 9.59 Å². The van der Waals surface area contributed by atoms with E-state index in [9.17, 15) is 14.0 Å². The van der Waals surface area contributed by atoms with Crippen molar-refractivity contribution < 1.29 is 14.0 Å². The van der Waals surface area contributed by atoms with Gasteiger partial charge in [-0.3, -0.25) is 9.59 Å². The first kappa shape index (κ1) is 26.4. The van der Waals surface area contributed by atoms with Gasteiger partial charge in [-0.2, -0.15) is 0 Å². The highest BCUT2D eigenvalue weighted by Crippen LogP contribution is 2.35. The Morgan fingerprint density at radius 2 is 1.88 bits per heavy atom. The largest absolute Gasteiger partial charge is 0.369 e. The predicted octanol–water partition coefficient (Wildman–Crippen LogP) is 5.30. The first-order valence-corrected chi connectivity index (χ1v) is 13.2. The summed E-state index contributed by atoms with van der Waals surface area (Å²) in [6, 6.07) is 7.36. The summed E-state index contributed by atoms with van der Waals surface area (Å²) in [6.07, 6.45) is 4.45. The Morgan fingerprint density at radius 1 is 1.24 bits per heavy atom. The molecule has 178 valence electrons. The number of carbonyl (C=O) groups is 2. The van der Waals surface area contributed by atoms with Crippen LogP contribution in [0.25, 0.3) is 5.70 Å². The molecule has 2 aliphatic rings. The van der Waals surface area contributed by atoms with Gasteiger partial charge in [0.25, 0.3) is 0 Å². The van der Waals surface area contributed by atoms with Crippen LogP contribution in [0.4, 0.5) is 4.39 Å². The highest BCUT2D eigenvalue weighted by atomic mass is 127. The Kier molecular flexibility index (Phi) is 9.18. The Labute approximate surface area is 225 Å². The number of likely N-dealkylation sites (tertiary alicyclic amines) is 1. The van der Waals surface area contributed by atoms with Crippen LogP contribution in [0.2, 0.25) is 5.02 Å². The first-order chi connectivity index (χ1) is 15.5. The zero-order chi connectivity index (χ0) is 24.2. The van der Waals surface area contributed by atoms with Crippen LogP contribution in [0, 0.1) is 5.92 Å². The van der Waals surface area contributed by atoms with Gasteiger partial charge in [0.2, 0.25) is 13.5 Å². The number of amidine groups is 1. The third kappa shape index (κ3) is 7.64. The SMILES string of the molecule is C=C1C=C(c2ccc(Cl)cc2)N=C(CCCC(F)(I)I)N1CC(=O)N1CCC(C(N)=O)CC1. The maximum atomic E-state index is 14.0. The molecule has 1 saturated heterocycles. The van der Waals surface area contributed by atoms with Gasteiger partial charge in [0.1, 0.15) is 12.4 Å². The van der Waals surface area contributed by atoms with Gasteiger partial charge in [-0.1, -0.05) is 30.3 Å². The molecule has 2 heterocycles. The molecule has 33 heavy (non-hydrogen) atoms. The number of carbonyl (C=O) groups excluding carboxylic acids is 2. The molecule has 0 radical (unpaired) electrons. The molecule has 6 nitrogen and oxygen atoms in total. The molecule has 0 aliphatic carbocycles. The lowest BCUT2D eigenvalue weighted by Crippen LogP contribution is -2.47. The molecule has 0 unspecified atom stereocenters. The van der Waals surface area contributed by atoms with Crippen molar-refractivity contribution in [2.75, 3.05) is 19.6 Å². The lowest BCUT2D eigenvalue weighted by molar-refractivity contribution is -0.134. The third-order valence-corrected chi connectivity index (χ3v) is 7.09. The molecule has 2 N–H and O–H groups in total. The molecule has 3 rings (SSSR count). The van der Waals surface area contributed by atoms with E-state index < -0.39 is 1.68 Å². The van der Waals surface area contributed by atoms with Crippen molar-refractivity contribution in [3.63, 3.8) is 0 Å². The van der Waals surface area contributed by atoms with Gasteiger partial charge in [0.05, 0.1) is 5.70 Å². The van der Waals surface area contributed by atoms with E-state index in [2.05, 4.69) is 6.58 Å². The van der Waals surface area contributed by atoms with Gasteiger partial charge < -0.3 is 15.5 Å². The first-order valence-electron chi connectivity index (χ1n) is 10.7. The minimum absolute atomic E-state index is 0.0577. The summed E-state index contributed by atoms with van der Waals surface area (Å²) in [7, 11) is 0. The average molecular weight is 699 g/mol. The highest BCUT2D eigenvalue weighted by Gasteiger charge is 2.29. The Hall–Kier alpha value is -1.21. The molecule has 1 fully saturated rings. The van der Waals surface area contributed by atoms with E-state index in [1.54, 1.807) is 62.2 Å². The van der Waals surface area contributed by atoms with Crippen LogP contribution in [0.15, 0.2) is 47.6 Å². The maximum absolute atomic E-state index is 14.0. The zero-order valence-corrected chi connectivity index (χ0v) is 23.1. The summed E-state index contributed by atoms with van der Waals surface area (Å²) in [6.45, 7) is 5.26. The summed E-state index contributed by atoms with van der Waals surface area (Å²) in [5.41, 5.74) is 7.67. The minimum Gasteiger partial charge on any atom is -0.369 e. The predicted molar refractivity (Wildman–Crippen MR) is 147 cm³/mol. The molecule has 0 atom stereocenters. The average Bonchev–Trinajstić information content (AvgIpc) is 2.75. The maximum Gasteiger partial charge on any atom is 0.242 e. The van der Waals surface area contributed by atoms with Gasteiger partial charge in [-0.25, -0.2) is 9.38 Å². The Bertz CT molecular complexity index is 968. The standard InChI is InChI=1S/C23H26ClFI2N4O2/c1-15-13-19(16-4-6-18(24)7-5-16)29-20(3-2-10-23(25,26)27)31(15)14-21(32)30-11-8-17(9-12-30)22(28)33/h4-7,13,17H,1-3,8-12,14H2,(H2,28,33). The molecule has 2 amide bonds. The summed E-state index contributed by atoms with van der Waals surface area (Å²) in [4.78, 5) is 32.8. The molecule has 0 aromatic heterocycles. The number of hydrogen-bond donors (Lipinski definition) is 1. The molecule has 0 bridgehead atoms. The number of aliphatic imine (C=N–C) groups is 1. The van der Waals surface area contributed by atoms with Crippen molar-refractivity contribution in [2.45, 2.75) is 33.8 Å². The number of hydrogen-bond acceptors (Lipinski definition) is 4. The van der Waals surface area contributed by atoms with Crippen molar-refractivity contribution in [2.24, 2.45) is 16.6 Å². The van der Waals surface area contributed by atoms with E-state index in [0.717, 1.165) is 11.3 Å². The fourth-order valence-electron chi connectivity index (χ4n) is 3.88. The van der Waals surface area contributed by atoms with Crippen LogP contribution in [0.3, 0.4) is 0 Å². The summed E-state index contributed by atoms with van der Waals surface area (Å²) in [5, 5.41) is 0.633. The van der Waals surface area contributed by atoms with Crippen LogP contribution in [0.1, 0.15) is 37.7 Å². The summed E-state index contributed by atoms with van der Waals surface area (Å²) >= 11 is 9.58. The van der Waals surface area contributed by atoms with Crippen molar-refractivity contribution in [1.82, 2.24) is 9.80 Å². The van der Waals surface area contributed by atoms with Crippen LogP contribution >= 0.6 is 56.8 Å². The van der Waals surface area contributed by atoms with Gasteiger partial charge in [-0.05, 0) is 82.7 Å². The normalized spacial score (nSPS) is 17.6. The molecular weight excluding hydrogens is 673 g/mol. The van der Waals surface area contributed by atoms with Crippen LogP contribution in [-0.4, -0.2) is 48.8 Å². The van der Waals surface area contributed by atoms with E-state index in [-0.39, 0.29) is 24.3 Å². The van der Waals surface area contributed by atoms with Gasteiger partial charge in [0, 0.05) is 48.1 Å². The lowest BCUT2D eigenvalue weighted by atomic mass is 9.96. The molecule has 1 aromatic rings. The van der Waals surface area contributed by atoms with Crippen molar-refractivity contribution in [3.05, 3.63) is 53.2 Å². The number of halogens is 4. The molecule has 10 heteroatoms. The zero-order valence-electron chi connectivity index (χ0n) is 18.1.